The first kappa shape index (κ1) is 8.84. The van der Waals surface area contributed by atoms with Crippen LogP contribution < -0.4 is 5.73 Å². The molecule has 1 radical (unpaired) electrons. The van der Waals surface area contributed by atoms with E-state index >= 15 is 0 Å². The summed E-state index contributed by atoms with van der Waals surface area (Å²) in [5, 5.41) is 8.33. The van der Waals surface area contributed by atoms with E-state index in [1.165, 1.54) is 12.4 Å². The van der Waals surface area contributed by atoms with E-state index in [9.17, 15) is 9.59 Å². The summed E-state index contributed by atoms with van der Waals surface area (Å²) in [6, 6.07) is 0. The molecule has 0 fully saturated rings. The van der Waals surface area contributed by atoms with Crippen molar-refractivity contribution >= 4 is 12.3 Å². The summed E-state index contributed by atoms with van der Waals surface area (Å²) < 4.78 is 0. The van der Waals surface area contributed by atoms with E-state index in [-0.39, 0.29) is 6.42 Å². The molecule has 4 heteroatoms. The van der Waals surface area contributed by atoms with Gasteiger partial charge in [-0.25, -0.2) is 4.79 Å². The number of hydrogen-bond acceptors (Lipinski definition) is 3. The minimum atomic E-state index is -1.91. The molecule has 0 spiro atoms. The second-order valence-corrected chi connectivity index (χ2v) is 1.87. The van der Waals surface area contributed by atoms with E-state index < -0.39 is 11.5 Å². The number of carboxylic acid groups (broad SMARTS) is 1. The molecule has 1 atom stereocenters. The van der Waals surface area contributed by atoms with Crippen molar-refractivity contribution in [1.29, 1.82) is 0 Å². The summed E-state index contributed by atoms with van der Waals surface area (Å²) in [5.74, 6) is -1.39. The SMILES string of the molecule is C=CCC(N)([C]=O)C(=O)O. The smallest absolute Gasteiger partial charge is 0.332 e. The lowest BCUT2D eigenvalue weighted by atomic mass is 9.99. The van der Waals surface area contributed by atoms with Crippen molar-refractivity contribution in [3.8, 4) is 0 Å². The highest BCUT2D eigenvalue weighted by Crippen LogP contribution is 2.02. The molecule has 0 amide bonds. The van der Waals surface area contributed by atoms with Crippen LogP contribution in [0, 0.1) is 0 Å². The molecule has 3 N–H and O–H groups in total. The van der Waals surface area contributed by atoms with Crippen LogP contribution in [0.2, 0.25) is 0 Å². The van der Waals surface area contributed by atoms with Crippen LogP contribution in [-0.2, 0) is 9.59 Å². The minimum absolute atomic E-state index is 0.105. The van der Waals surface area contributed by atoms with Gasteiger partial charge in [-0.1, -0.05) is 6.08 Å². The number of carboxylic acids is 1. The largest absolute Gasteiger partial charge is 0.480 e. The van der Waals surface area contributed by atoms with Crippen molar-refractivity contribution in [1.82, 2.24) is 0 Å². The molecule has 10 heavy (non-hydrogen) atoms. The normalized spacial score (nSPS) is 15.3. The zero-order valence-corrected chi connectivity index (χ0v) is 5.33. The molecule has 0 aromatic rings. The summed E-state index contributed by atoms with van der Waals surface area (Å²) >= 11 is 0. The fourth-order valence-electron chi connectivity index (χ4n) is 0.400. The van der Waals surface area contributed by atoms with Gasteiger partial charge in [-0.15, -0.1) is 6.58 Å². The summed E-state index contributed by atoms with van der Waals surface area (Å²) in [6.45, 7) is 3.25. The molecule has 0 aliphatic carbocycles. The number of nitrogens with two attached hydrogens (primary N) is 1. The lowest BCUT2D eigenvalue weighted by Crippen LogP contribution is -2.49. The first-order valence-electron chi connectivity index (χ1n) is 2.59. The Balaban J connectivity index is 4.36. The van der Waals surface area contributed by atoms with Gasteiger partial charge in [0.15, 0.2) is 5.54 Å². The van der Waals surface area contributed by atoms with Gasteiger partial charge in [-0.05, 0) is 0 Å². The van der Waals surface area contributed by atoms with Crippen LogP contribution in [0.1, 0.15) is 6.42 Å². The molecular weight excluding hydrogens is 134 g/mol. The molecule has 55 valence electrons. The van der Waals surface area contributed by atoms with Gasteiger partial charge in [0.25, 0.3) is 0 Å². The molecule has 0 bridgehead atoms. The van der Waals surface area contributed by atoms with E-state index in [0.717, 1.165) is 0 Å². The van der Waals surface area contributed by atoms with Gasteiger partial charge in [0, 0.05) is 6.42 Å². The van der Waals surface area contributed by atoms with Crippen LogP contribution in [-0.4, -0.2) is 22.9 Å². The van der Waals surface area contributed by atoms with Crippen molar-refractivity contribution < 1.29 is 14.7 Å². The van der Waals surface area contributed by atoms with Gasteiger partial charge in [0.1, 0.15) is 0 Å². The van der Waals surface area contributed by atoms with Crippen LogP contribution in [0.4, 0.5) is 0 Å². The molecular formula is C6H8NO3. The van der Waals surface area contributed by atoms with Crippen LogP contribution in [0.25, 0.3) is 0 Å². The Hall–Kier alpha value is -1.16. The summed E-state index contributed by atoms with van der Waals surface area (Å²) in [5.41, 5.74) is 3.14. The third-order valence-electron chi connectivity index (χ3n) is 1.03. The molecule has 4 nitrogen and oxygen atoms in total. The van der Waals surface area contributed by atoms with Crippen molar-refractivity contribution in [2.75, 3.05) is 0 Å². The van der Waals surface area contributed by atoms with Gasteiger partial charge in [-0.3, -0.25) is 4.79 Å². The molecule has 0 saturated heterocycles. The fraction of sp³-hybridized carbons (Fsp3) is 0.333. The van der Waals surface area contributed by atoms with Gasteiger partial charge in [-0.2, -0.15) is 0 Å². The first-order chi connectivity index (χ1) is 4.56. The van der Waals surface area contributed by atoms with E-state index in [1.54, 1.807) is 0 Å². The summed E-state index contributed by atoms with van der Waals surface area (Å²) in [6.07, 6.45) is 2.39. The molecule has 0 aliphatic heterocycles. The molecule has 0 rings (SSSR count). The number of carbonyl (C=O) groups is 1. The van der Waals surface area contributed by atoms with Crippen molar-refractivity contribution in [3.63, 3.8) is 0 Å². The molecule has 0 aliphatic rings. The lowest BCUT2D eigenvalue weighted by Gasteiger charge is -2.12. The van der Waals surface area contributed by atoms with Crippen molar-refractivity contribution in [3.05, 3.63) is 12.7 Å². The monoisotopic (exact) mass is 142 g/mol. The highest BCUT2D eigenvalue weighted by Gasteiger charge is 2.33. The minimum Gasteiger partial charge on any atom is -0.480 e. The van der Waals surface area contributed by atoms with E-state index in [0.29, 0.717) is 0 Å². The highest BCUT2D eigenvalue weighted by atomic mass is 16.4. The predicted molar refractivity (Wildman–Crippen MR) is 35.1 cm³/mol. The predicted octanol–water partition coefficient (Wildman–Crippen LogP) is -0.546. The molecule has 0 aromatic carbocycles. The zero-order valence-electron chi connectivity index (χ0n) is 5.33. The van der Waals surface area contributed by atoms with Gasteiger partial charge in [0.2, 0.25) is 6.29 Å². The Bertz CT molecular complexity index is 166. The van der Waals surface area contributed by atoms with E-state index in [4.69, 9.17) is 10.8 Å². The second-order valence-electron chi connectivity index (χ2n) is 1.87. The molecule has 0 saturated carbocycles. The maximum Gasteiger partial charge on any atom is 0.332 e. The Kier molecular flexibility index (Phi) is 2.76. The quantitative estimate of drug-likeness (QED) is 0.408. The molecule has 0 aromatic heterocycles. The van der Waals surface area contributed by atoms with Crippen LogP contribution in [0.5, 0.6) is 0 Å². The number of carbonyl (C=O) groups excluding carboxylic acids is 1. The zero-order chi connectivity index (χ0) is 8.20. The lowest BCUT2D eigenvalue weighted by molar-refractivity contribution is -0.140. The standard InChI is InChI=1S/C6H8NO3/c1-2-3-6(7,4-8)5(9)10/h2H,1,3,7H2,(H,9,10). The highest BCUT2D eigenvalue weighted by molar-refractivity contribution is 5.97. The maximum atomic E-state index is 10.2. The molecule has 1 unspecified atom stereocenters. The summed E-state index contributed by atoms with van der Waals surface area (Å²) in [4.78, 5) is 20.2. The maximum absolute atomic E-state index is 10.2. The van der Waals surface area contributed by atoms with Gasteiger partial charge >= 0.3 is 5.97 Å². The third kappa shape index (κ3) is 1.66. The molecule has 0 heterocycles. The average Bonchev–Trinajstić information content (AvgIpc) is 1.88. The fourth-order valence-corrected chi connectivity index (χ4v) is 0.400. The van der Waals surface area contributed by atoms with Crippen molar-refractivity contribution in [2.24, 2.45) is 5.73 Å². The van der Waals surface area contributed by atoms with E-state index in [2.05, 4.69) is 6.58 Å². The number of aliphatic carboxylic acids is 1. The summed E-state index contributed by atoms with van der Waals surface area (Å²) in [7, 11) is 0. The second kappa shape index (κ2) is 3.12. The third-order valence-corrected chi connectivity index (χ3v) is 1.03. The van der Waals surface area contributed by atoms with Crippen LogP contribution in [0.15, 0.2) is 12.7 Å². The van der Waals surface area contributed by atoms with Crippen LogP contribution >= 0.6 is 0 Å². The average molecular weight is 142 g/mol. The van der Waals surface area contributed by atoms with Gasteiger partial charge in [0.05, 0.1) is 0 Å². The topological polar surface area (TPSA) is 80.4 Å². The first-order valence-corrected chi connectivity index (χ1v) is 2.59. The number of hydrogen-bond donors (Lipinski definition) is 2. The Labute approximate surface area is 58.3 Å². The Morgan fingerprint density at radius 3 is 2.50 bits per heavy atom. The Morgan fingerprint density at radius 1 is 1.90 bits per heavy atom. The van der Waals surface area contributed by atoms with Gasteiger partial charge < -0.3 is 10.8 Å². The number of rotatable bonds is 4. The van der Waals surface area contributed by atoms with Crippen molar-refractivity contribution in [2.45, 2.75) is 12.0 Å². The van der Waals surface area contributed by atoms with E-state index in [1.807, 2.05) is 0 Å². The Morgan fingerprint density at radius 2 is 2.40 bits per heavy atom. The van der Waals surface area contributed by atoms with Crippen LogP contribution in [0.3, 0.4) is 0 Å².